The van der Waals surface area contributed by atoms with Crippen LogP contribution in [0.25, 0.3) is 0 Å². The first kappa shape index (κ1) is 15.0. The monoisotopic (exact) mass is 284 g/mol. The second kappa shape index (κ2) is 7.40. The summed E-state index contributed by atoms with van der Waals surface area (Å²) >= 11 is 0. The molecule has 0 fully saturated rings. The Morgan fingerprint density at radius 3 is 2.57 bits per heavy atom. The predicted octanol–water partition coefficient (Wildman–Crippen LogP) is 1.90. The molecule has 0 aliphatic heterocycles. The topological polar surface area (TPSA) is 80.0 Å². The van der Waals surface area contributed by atoms with Gasteiger partial charge in [-0.15, -0.1) is 0 Å². The first-order valence-electron chi connectivity index (χ1n) is 6.99. The number of aromatic nitrogens is 1. The molecule has 0 atom stereocenters. The van der Waals surface area contributed by atoms with Gasteiger partial charge in [0.05, 0.1) is 0 Å². The van der Waals surface area contributed by atoms with Gasteiger partial charge in [0.2, 0.25) is 0 Å². The van der Waals surface area contributed by atoms with Gasteiger partial charge in [0.15, 0.2) is 0 Å². The van der Waals surface area contributed by atoms with E-state index in [1.54, 1.807) is 12.3 Å². The summed E-state index contributed by atoms with van der Waals surface area (Å²) in [5.41, 5.74) is 9.13. The van der Waals surface area contributed by atoms with E-state index in [-0.39, 0.29) is 5.91 Å². The second-order valence-electron chi connectivity index (χ2n) is 4.66. The van der Waals surface area contributed by atoms with Gasteiger partial charge >= 0.3 is 0 Å². The van der Waals surface area contributed by atoms with Crippen molar-refractivity contribution in [2.45, 2.75) is 20.0 Å². The summed E-state index contributed by atoms with van der Waals surface area (Å²) in [5, 5.41) is 6.02. The molecule has 1 aromatic heterocycles. The predicted molar refractivity (Wildman–Crippen MR) is 83.9 cm³/mol. The van der Waals surface area contributed by atoms with Crippen molar-refractivity contribution < 1.29 is 4.79 Å². The Morgan fingerprint density at radius 2 is 1.90 bits per heavy atom. The van der Waals surface area contributed by atoms with Crippen LogP contribution in [0.4, 0.5) is 5.69 Å². The minimum absolute atomic E-state index is 0.159. The fourth-order valence-corrected chi connectivity index (χ4v) is 1.91. The van der Waals surface area contributed by atoms with Gasteiger partial charge in [0, 0.05) is 31.5 Å². The summed E-state index contributed by atoms with van der Waals surface area (Å²) in [5.74, 6) is -0.159. The highest BCUT2D eigenvalue weighted by atomic mass is 16.1. The molecular weight excluding hydrogens is 264 g/mol. The van der Waals surface area contributed by atoms with Gasteiger partial charge in [-0.3, -0.25) is 9.78 Å². The molecule has 2 aromatic rings. The summed E-state index contributed by atoms with van der Waals surface area (Å²) in [7, 11) is 0. The van der Waals surface area contributed by atoms with Crippen LogP contribution in [0.15, 0.2) is 42.6 Å². The van der Waals surface area contributed by atoms with E-state index in [4.69, 9.17) is 5.73 Å². The number of benzene rings is 1. The minimum Gasteiger partial charge on any atom is -0.381 e. The lowest BCUT2D eigenvalue weighted by atomic mass is 10.1. The van der Waals surface area contributed by atoms with Gasteiger partial charge in [-0.1, -0.05) is 24.3 Å². The SMILES string of the molecule is CCNC(=O)c1cc(NCc2ccc(CN)cc2)ccn1. The molecule has 0 saturated carbocycles. The molecule has 4 N–H and O–H groups in total. The second-order valence-corrected chi connectivity index (χ2v) is 4.66. The molecule has 0 spiro atoms. The first-order valence-corrected chi connectivity index (χ1v) is 6.99. The summed E-state index contributed by atoms with van der Waals surface area (Å²) in [6.07, 6.45) is 1.63. The molecule has 110 valence electrons. The van der Waals surface area contributed by atoms with Gasteiger partial charge in [-0.25, -0.2) is 0 Å². The smallest absolute Gasteiger partial charge is 0.269 e. The summed E-state index contributed by atoms with van der Waals surface area (Å²) in [6.45, 7) is 3.70. The van der Waals surface area contributed by atoms with Crippen molar-refractivity contribution >= 4 is 11.6 Å². The average molecular weight is 284 g/mol. The molecular formula is C16H20N4O. The highest BCUT2D eigenvalue weighted by molar-refractivity contribution is 5.93. The number of carbonyl (C=O) groups is 1. The Balaban J connectivity index is 1.99. The molecule has 0 aliphatic carbocycles. The van der Waals surface area contributed by atoms with Crippen LogP contribution in [0.3, 0.4) is 0 Å². The molecule has 1 aromatic carbocycles. The van der Waals surface area contributed by atoms with E-state index in [0.717, 1.165) is 16.8 Å². The molecule has 1 amide bonds. The van der Waals surface area contributed by atoms with Gasteiger partial charge in [0.25, 0.3) is 5.91 Å². The van der Waals surface area contributed by atoms with Crippen LogP contribution in [0.1, 0.15) is 28.5 Å². The van der Waals surface area contributed by atoms with E-state index >= 15 is 0 Å². The summed E-state index contributed by atoms with van der Waals surface area (Å²) in [4.78, 5) is 15.8. The largest absolute Gasteiger partial charge is 0.381 e. The van der Waals surface area contributed by atoms with Crippen molar-refractivity contribution in [3.63, 3.8) is 0 Å². The standard InChI is InChI=1S/C16H20N4O/c1-2-18-16(21)15-9-14(7-8-19-15)20-11-13-5-3-12(10-17)4-6-13/h3-9H,2,10-11,17H2,1H3,(H,18,21)(H,19,20). The van der Waals surface area contributed by atoms with E-state index in [0.29, 0.717) is 25.3 Å². The summed E-state index contributed by atoms with van der Waals surface area (Å²) in [6, 6.07) is 11.7. The maximum Gasteiger partial charge on any atom is 0.269 e. The molecule has 0 unspecified atom stereocenters. The lowest BCUT2D eigenvalue weighted by Crippen LogP contribution is -2.23. The van der Waals surface area contributed by atoms with Crippen molar-refractivity contribution in [3.05, 3.63) is 59.4 Å². The Morgan fingerprint density at radius 1 is 1.19 bits per heavy atom. The van der Waals surface area contributed by atoms with Gasteiger partial charge in [0.1, 0.15) is 5.69 Å². The molecule has 1 heterocycles. The zero-order chi connectivity index (χ0) is 15.1. The average Bonchev–Trinajstić information content (AvgIpc) is 2.54. The first-order chi connectivity index (χ1) is 10.2. The minimum atomic E-state index is -0.159. The number of nitrogens with two attached hydrogens (primary N) is 1. The number of nitrogens with zero attached hydrogens (tertiary/aromatic N) is 1. The van der Waals surface area contributed by atoms with Crippen molar-refractivity contribution in [2.24, 2.45) is 5.73 Å². The van der Waals surface area contributed by atoms with E-state index in [1.165, 1.54) is 0 Å². The van der Waals surface area contributed by atoms with Crippen LogP contribution in [0.2, 0.25) is 0 Å². The lowest BCUT2D eigenvalue weighted by molar-refractivity contribution is 0.0951. The number of nitrogens with one attached hydrogen (secondary N) is 2. The molecule has 2 rings (SSSR count). The van der Waals surface area contributed by atoms with Crippen LogP contribution >= 0.6 is 0 Å². The number of anilines is 1. The van der Waals surface area contributed by atoms with Crippen LogP contribution in [0, 0.1) is 0 Å². The van der Waals surface area contributed by atoms with E-state index in [9.17, 15) is 4.79 Å². The van der Waals surface area contributed by atoms with Gasteiger partial charge in [-0.05, 0) is 30.2 Å². The van der Waals surface area contributed by atoms with Crippen LogP contribution in [-0.4, -0.2) is 17.4 Å². The zero-order valence-corrected chi connectivity index (χ0v) is 12.1. The molecule has 0 aliphatic rings. The van der Waals surface area contributed by atoms with Gasteiger partial charge < -0.3 is 16.4 Å². The van der Waals surface area contributed by atoms with E-state index in [2.05, 4.69) is 15.6 Å². The van der Waals surface area contributed by atoms with Crippen molar-refractivity contribution in [3.8, 4) is 0 Å². The van der Waals surface area contributed by atoms with Crippen LogP contribution < -0.4 is 16.4 Å². The van der Waals surface area contributed by atoms with Crippen molar-refractivity contribution in [1.29, 1.82) is 0 Å². The zero-order valence-electron chi connectivity index (χ0n) is 12.1. The fourth-order valence-electron chi connectivity index (χ4n) is 1.91. The molecule has 0 saturated heterocycles. The summed E-state index contributed by atoms with van der Waals surface area (Å²) < 4.78 is 0. The Kier molecular flexibility index (Phi) is 5.29. The number of hydrogen-bond acceptors (Lipinski definition) is 4. The van der Waals surface area contributed by atoms with E-state index in [1.807, 2.05) is 37.3 Å². The number of carbonyl (C=O) groups excluding carboxylic acids is 1. The third-order valence-electron chi connectivity index (χ3n) is 3.09. The molecule has 5 nitrogen and oxygen atoms in total. The molecule has 5 heteroatoms. The quantitative estimate of drug-likeness (QED) is 0.757. The maximum absolute atomic E-state index is 11.7. The molecule has 0 radical (unpaired) electrons. The Labute approximate surface area is 124 Å². The van der Waals surface area contributed by atoms with E-state index < -0.39 is 0 Å². The third kappa shape index (κ3) is 4.29. The number of rotatable bonds is 6. The van der Waals surface area contributed by atoms with Gasteiger partial charge in [-0.2, -0.15) is 0 Å². The third-order valence-corrected chi connectivity index (χ3v) is 3.09. The van der Waals surface area contributed by atoms with Crippen molar-refractivity contribution in [2.75, 3.05) is 11.9 Å². The normalized spacial score (nSPS) is 10.2. The lowest BCUT2D eigenvalue weighted by Gasteiger charge is -2.08. The number of amides is 1. The fraction of sp³-hybridized carbons (Fsp3) is 0.250. The molecule has 21 heavy (non-hydrogen) atoms. The number of hydrogen-bond donors (Lipinski definition) is 3. The Hall–Kier alpha value is -2.40. The molecule has 0 bridgehead atoms. The highest BCUT2D eigenvalue weighted by Crippen LogP contribution is 2.11. The highest BCUT2D eigenvalue weighted by Gasteiger charge is 2.06. The van der Waals surface area contributed by atoms with Crippen molar-refractivity contribution in [1.82, 2.24) is 10.3 Å². The maximum atomic E-state index is 11.7. The Bertz CT molecular complexity index is 595. The van der Waals surface area contributed by atoms with Crippen LogP contribution in [-0.2, 0) is 13.1 Å². The van der Waals surface area contributed by atoms with Crippen LogP contribution in [0.5, 0.6) is 0 Å². The number of pyridine rings is 1.